The number of rotatable bonds is 16. The molecule has 0 aliphatic carbocycles. The number of ether oxygens (including phenoxy) is 6. The number of benzene rings is 2. The van der Waals surface area contributed by atoms with E-state index in [9.17, 15) is 24.0 Å². The second kappa shape index (κ2) is 16.3. The molecule has 41 heavy (non-hydrogen) atoms. The van der Waals surface area contributed by atoms with Crippen molar-refractivity contribution in [2.24, 2.45) is 0 Å². The first-order valence-corrected chi connectivity index (χ1v) is 12.4. The van der Waals surface area contributed by atoms with E-state index in [4.69, 9.17) is 28.4 Å². The summed E-state index contributed by atoms with van der Waals surface area (Å²) in [4.78, 5) is 62.3. The van der Waals surface area contributed by atoms with E-state index in [-0.39, 0.29) is 45.1 Å². The highest BCUT2D eigenvalue weighted by atomic mass is 16.5. The molecule has 0 unspecified atom stereocenters. The lowest BCUT2D eigenvalue weighted by atomic mass is 10.2. The Hall–Kier alpha value is -4.81. The molecule has 0 fully saturated rings. The zero-order valence-electron chi connectivity index (χ0n) is 23.7. The molecule has 0 atom stereocenters. The summed E-state index contributed by atoms with van der Waals surface area (Å²) in [5, 5.41) is 0. The summed E-state index contributed by atoms with van der Waals surface area (Å²) >= 11 is 0. The smallest absolute Gasteiger partial charge is 0.325 e. The highest BCUT2D eigenvalue weighted by molar-refractivity contribution is 5.85. The van der Waals surface area contributed by atoms with Crippen molar-refractivity contribution in [1.29, 1.82) is 0 Å². The molecule has 0 radical (unpaired) electrons. The number of methoxy groups -OCH3 is 4. The maximum atomic E-state index is 12.0. The molecule has 0 aliphatic rings. The number of esters is 4. The maximum Gasteiger partial charge on any atom is 0.325 e. The second-order valence-electron chi connectivity index (χ2n) is 8.53. The molecular formula is C28H34N2O11. The highest BCUT2D eigenvalue weighted by Crippen LogP contribution is 2.31. The lowest BCUT2D eigenvalue weighted by Crippen LogP contribution is -2.36. The lowest BCUT2D eigenvalue weighted by molar-refractivity contribution is -0.141. The Balaban J connectivity index is 2.27. The first-order chi connectivity index (χ1) is 19.6. The third kappa shape index (κ3) is 10.0. The minimum atomic E-state index is -0.599. The van der Waals surface area contributed by atoms with Gasteiger partial charge in [0.15, 0.2) is 0 Å². The topological polar surface area (TPSA) is 147 Å². The molecule has 2 aromatic carbocycles. The third-order valence-electron chi connectivity index (χ3n) is 5.71. The van der Waals surface area contributed by atoms with Gasteiger partial charge in [0.05, 0.1) is 39.8 Å². The molecule has 0 N–H and O–H groups in total. The molecule has 0 aliphatic heterocycles. The fourth-order valence-corrected chi connectivity index (χ4v) is 3.62. The molecule has 0 saturated carbocycles. The van der Waals surface area contributed by atoms with Gasteiger partial charge < -0.3 is 38.2 Å². The van der Waals surface area contributed by atoms with Crippen LogP contribution in [0.15, 0.2) is 36.4 Å². The van der Waals surface area contributed by atoms with Crippen LogP contribution >= 0.6 is 0 Å². The van der Waals surface area contributed by atoms with Crippen molar-refractivity contribution in [3.63, 3.8) is 0 Å². The standard InChI is InChI=1S/C28H34N2O11/c1-19-6-8-21(29(14-25(32)36-2)15-26(33)37-3)23(12-19)40-10-11-41-24-13-20(18-31)7-9-22(24)30(16-27(34)38-4)17-28(35)39-5/h6-9,12-13,18H,10-11,14-17H2,1-5H3. The quantitative estimate of drug-likeness (QED) is 0.124. The van der Waals surface area contributed by atoms with Crippen LogP contribution in [0.25, 0.3) is 0 Å². The number of carbonyl (C=O) groups excluding carboxylic acids is 5. The molecule has 13 nitrogen and oxygen atoms in total. The summed E-state index contributed by atoms with van der Waals surface area (Å²) < 4.78 is 30.9. The van der Waals surface area contributed by atoms with Crippen molar-refractivity contribution in [3.05, 3.63) is 47.5 Å². The van der Waals surface area contributed by atoms with Crippen molar-refractivity contribution < 1.29 is 52.4 Å². The van der Waals surface area contributed by atoms with Crippen LogP contribution < -0.4 is 19.3 Å². The van der Waals surface area contributed by atoms with Crippen LogP contribution in [0.5, 0.6) is 11.5 Å². The largest absolute Gasteiger partial charge is 0.488 e. The van der Waals surface area contributed by atoms with Crippen molar-refractivity contribution in [1.82, 2.24) is 0 Å². The highest BCUT2D eigenvalue weighted by Gasteiger charge is 2.22. The Morgan fingerprint density at radius 3 is 1.41 bits per heavy atom. The van der Waals surface area contributed by atoms with E-state index in [1.165, 1.54) is 50.4 Å². The number of hydrogen-bond donors (Lipinski definition) is 0. The van der Waals surface area contributed by atoms with Crippen LogP contribution in [0.1, 0.15) is 15.9 Å². The predicted octanol–water partition coefficient (Wildman–Crippen LogP) is 1.57. The van der Waals surface area contributed by atoms with E-state index in [0.717, 1.165) is 5.56 Å². The molecule has 13 heteroatoms. The van der Waals surface area contributed by atoms with Crippen molar-refractivity contribution in [2.45, 2.75) is 6.92 Å². The summed E-state index contributed by atoms with van der Waals surface area (Å²) in [7, 11) is 4.93. The van der Waals surface area contributed by atoms with E-state index >= 15 is 0 Å². The molecule has 0 spiro atoms. The van der Waals surface area contributed by atoms with Crippen LogP contribution in [0.2, 0.25) is 0 Å². The molecule has 0 amide bonds. The zero-order valence-corrected chi connectivity index (χ0v) is 23.7. The van der Waals surface area contributed by atoms with E-state index in [2.05, 4.69) is 0 Å². The molecule has 0 bridgehead atoms. The summed E-state index contributed by atoms with van der Waals surface area (Å²) in [5.41, 5.74) is 1.98. The van der Waals surface area contributed by atoms with Gasteiger partial charge in [-0.25, -0.2) is 0 Å². The molecule has 2 aromatic rings. The fraction of sp³-hybridized carbons (Fsp3) is 0.393. The summed E-state index contributed by atoms with van der Waals surface area (Å²) in [6, 6.07) is 9.78. The van der Waals surface area contributed by atoms with Gasteiger partial charge in [0.25, 0.3) is 0 Å². The summed E-state index contributed by atoms with van der Waals surface area (Å²) in [6.45, 7) is 0.857. The Morgan fingerprint density at radius 2 is 1.02 bits per heavy atom. The second-order valence-corrected chi connectivity index (χ2v) is 8.53. The van der Waals surface area contributed by atoms with Gasteiger partial charge in [-0.15, -0.1) is 0 Å². The van der Waals surface area contributed by atoms with Gasteiger partial charge in [-0.05, 0) is 42.8 Å². The average molecular weight is 575 g/mol. The number of aldehydes is 1. The minimum Gasteiger partial charge on any atom is -0.488 e. The summed E-state index contributed by atoms with van der Waals surface area (Å²) in [5.74, 6) is -1.73. The Labute approximate surface area is 237 Å². The van der Waals surface area contributed by atoms with Gasteiger partial charge in [0.1, 0.15) is 57.2 Å². The van der Waals surface area contributed by atoms with Crippen molar-refractivity contribution >= 4 is 41.5 Å². The number of hydrogen-bond acceptors (Lipinski definition) is 13. The van der Waals surface area contributed by atoms with Crippen LogP contribution in [0.3, 0.4) is 0 Å². The van der Waals surface area contributed by atoms with Crippen LogP contribution in [0, 0.1) is 6.92 Å². The van der Waals surface area contributed by atoms with E-state index in [1.807, 2.05) is 6.92 Å². The molecular weight excluding hydrogens is 540 g/mol. The van der Waals surface area contributed by atoms with E-state index in [0.29, 0.717) is 29.0 Å². The molecule has 0 heterocycles. The minimum absolute atomic E-state index is 0.0129. The average Bonchev–Trinajstić information content (AvgIpc) is 2.98. The van der Waals surface area contributed by atoms with Crippen LogP contribution in [-0.4, -0.2) is 98.0 Å². The molecule has 2 rings (SSSR count). The Morgan fingerprint density at radius 1 is 0.634 bits per heavy atom. The first-order valence-electron chi connectivity index (χ1n) is 12.4. The van der Waals surface area contributed by atoms with Gasteiger partial charge in [0, 0.05) is 5.56 Å². The number of aryl methyl sites for hydroxylation is 1. The Kier molecular flexibility index (Phi) is 12.9. The molecule has 0 saturated heterocycles. The van der Waals surface area contributed by atoms with Crippen LogP contribution in [-0.2, 0) is 38.1 Å². The van der Waals surface area contributed by atoms with Crippen molar-refractivity contribution in [3.8, 4) is 11.5 Å². The number of carbonyl (C=O) groups is 5. The van der Waals surface area contributed by atoms with Gasteiger partial charge in [0.2, 0.25) is 0 Å². The normalized spacial score (nSPS) is 10.2. The fourth-order valence-electron chi connectivity index (χ4n) is 3.62. The van der Waals surface area contributed by atoms with Gasteiger partial charge in [-0.1, -0.05) is 6.07 Å². The van der Waals surface area contributed by atoms with Gasteiger partial charge >= 0.3 is 23.9 Å². The monoisotopic (exact) mass is 574 g/mol. The number of anilines is 2. The molecule has 0 aromatic heterocycles. The lowest BCUT2D eigenvalue weighted by Gasteiger charge is -2.26. The third-order valence-corrected chi connectivity index (χ3v) is 5.71. The van der Waals surface area contributed by atoms with E-state index < -0.39 is 23.9 Å². The first kappa shape index (κ1) is 32.4. The van der Waals surface area contributed by atoms with Crippen LogP contribution in [0.4, 0.5) is 11.4 Å². The zero-order chi connectivity index (χ0) is 30.4. The van der Waals surface area contributed by atoms with Gasteiger partial charge in [-0.3, -0.25) is 24.0 Å². The van der Waals surface area contributed by atoms with Gasteiger partial charge in [-0.2, -0.15) is 0 Å². The predicted molar refractivity (Wildman–Crippen MR) is 146 cm³/mol. The SMILES string of the molecule is COC(=O)CN(CC(=O)OC)c1ccc(C)cc1OCCOc1cc(C=O)ccc1N(CC(=O)OC)CC(=O)OC. The molecule has 222 valence electrons. The summed E-state index contributed by atoms with van der Waals surface area (Å²) in [6.07, 6.45) is 0.633. The van der Waals surface area contributed by atoms with Crippen molar-refractivity contribution in [2.75, 3.05) is 77.6 Å². The number of nitrogens with zero attached hydrogens (tertiary/aromatic N) is 2. The maximum absolute atomic E-state index is 12.0. The van der Waals surface area contributed by atoms with E-state index in [1.54, 1.807) is 24.3 Å². The Bertz CT molecular complexity index is 1200.